The molecule has 0 amide bonds. The van der Waals surface area contributed by atoms with Gasteiger partial charge in [0.05, 0.1) is 24.0 Å². The van der Waals surface area contributed by atoms with Crippen LogP contribution in [0, 0.1) is 10.1 Å². The van der Waals surface area contributed by atoms with Gasteiger partial charge in [-0.1, -0.05) is 0 Å². The SMILES string of the molecule is CCOC(=O)c1ccoc1COC(=O)c1cc([N+](=O)[O-])cn1C. The first-order valence-corrected chi connectivity index (χ1v) is 6.65. The summed E-state index contributed by atoms with van der Waals surface area (Å²) in [5, 5.41) is 10.7. The highest BCUT2D eigenvalue weighted by Gasteiger charge is 2.21. The third kappa shape index (κ3) is 3.57. The van der Waals surface area contributed by atoms with Gasteiger partial charge >= 0.3 is 11.9 Å². The van der Waals surface area contributed by atoms with Crippen LogP contribution >= 0.6 is 0 Å². The van der Waals surface area contributed by atoms with Crippen molar-refractivity contribution in [1.82, 2.24) is 4.57 Å². The Bertz CT molecular complexity index is 744. The van der Waals surface area contributed by atoms with E-state index in [1.54, 1.807) is 6.92 Å². The highest BCUT2D eigenvalue weighted by Crippen LogP contribution is 2.18. The molecular weight excluding hydrogens is 308 g/mol. The number of furan rings is 1. The molecule has 0 bridgehead atoms. The summed E-state index contributed by atoms with van der Waals surface area (Å²) in [5.74, 6) is -1.21. The normalized spacial score (nSPS) is 10.3. The zero-order valence-electron chi connectivity index (χ0n) is 12.5. The van der Waals surface area contributed by atoms with Crippen LogP contribution in [0.15, 0.2) is 29.0 Å². The van der Waals surface area contributed by atoms with Crippen molar-refractivity contribution in [2.24, 2.45) is 7.05 Å². The predicted octanol–water partition coefficient (Wildman–Crippen LogP) is 2.06. The summed E-state index contributed by atoms with van der Waals surface area (Å²) in [6, 6.07) is 2.52. The molecule has 0 unspecified atom stereocenters. The molecular formula is C14H14N2O7. The number of hydrogen-bond donors (Lipinski definition) is 0. The molecule has 9 nitrogen and oxygen atoms in total. The van der Waals surface area contributed by atoms with Crippen LogP contribution in [0.2, 0.25) is 0 Å². The second kappa shape index (κ2) is 6.77. The van der Waals surface area contributed by atoms with E-state index in [9.17, 15) is 19.7 Å². The monoisotopic (exact) mass is 322 g/mol. The molecule has 2 aromatic heterocycles. The summed E-state index contributed by atoms with van der Waals surface area (Å²) in [7, 11) is 1.49. The van der Waals surface area contributed by atoms with Gasteiger partial charge in [-0.3, -0.25) is 10.1 Å². The predicted molar refractivity (Wildman–Crippen MR) is 75.9 cm³/mol. The highest BCUT2D eigenvalue weighted by atomic mass is 16.6. The Hall–Kier alpha value is -3.10. The first kappa shape index (κ1) is 16.3. The average Bonchev–Trinajstić information content (AvgIpc) is 3.11. The minimum absolute atomic E-state index is 0.0148. The number of aryl methyl sites for hydroxylation is 1. The number of aromatic nitrogens is 1. The number of carbonyl (C=O) groups is 2. The Balaban J connectivity index is 2.07. The number of rotatable bonds is 6. The first-order chi connectivity index (χ1) is 10.9. The molecule has 0 aliphatic rings. The van der Waals surface area contributed by atoms with Gasteiger partial charge < -0.3 is 18.5 Å². The molecule has 0 spiro atoms. The van der Waals surface area contributed by atoms with Gasteiger partial charge in [-0.2, -0.15) is 0 Å². The maximum atomic E-state index is 12.0. The molecule has 2 heterocycles. The van der Waals surface area contributed by atoms with Crippen LogP contribution < -0.4 is 0 Å². The van der Waals surface area contributed by atoms with E-state index in [1.807, 2.05) is 0 Å². The van der Waals surface area contributed by atoms with Gasteiger partial charge in [0.15, 0.2) is 12.4 Å². The second-order valence-electron chi connectivity index (χ2n) is 4.51. The van der Waals surface area contributed by atoms with Gasteiger partial charge in [-0.05, 0) is 13.0 Å². The minimum atomic E-state index is -0.771. The Morgan fingerprint density at radius 1 is 1.35 bits per heavy atom. The average molecular weight is 322 g/mol. The molecule has 2 aromatic rings. The number of nitro groups is 1. The second-order valence-corrected chi connectivity index (χ2v) is 4.51. The largest absolute Gasteiger partial charge is 0.465 e. The minimum Gasteiger partial charge on any atom is -0.465 e. The molecule has 0 aromatic carbocycles. The zero-order valence-corrected chi connectivity index (χ0v) is 12.5. The van der Waals surface area contributed by atoms with E-state index >= 15 is 0 Å². The maximum absolute atomic E-state index is 12.0. The third-order valence-electron chi connectivity index (χ3n) is 2.99. The van der Waals surface area contributed by atoms with Crippen LogP contribution in [0.25, 0.3) is 0 Å². The highest BCUT2D eigenvalue weighted by molar-refractivity contribution is 5.91. The van der Waals surface area contributed by atoms with Crippen LogP contribution in [0.3, 0.4) is 0 Å². The molecule has 0 saturated heterocycles. The molecule has 0 saturated carbocycles. The Morgan fingerprint density at radius 2 is 2.09 bits per heavy atom. The smallest absolute Gasteiger partial charge is 0.355 e. The van der Waals surface area contributed by atoms with E-state index in [4.69, 9.17) is 13.9 Å². The van der Waals surface area contributed by atoms with E-state index in [-0.39, 0.29) is 35.9 Å². The third-order valence-corrected chi connectivity index (χ3v) is 2.99. The molecule has 2 rings (SSSR count). The number of carbonyl (C=O) groups excluding carboxylic acids is 2. The molecule has 0 aliphatic carbocycles. The zero-order chi connectivity index (χ0) is 17.0. The molecule has 23 heavy (non-hydrogen) atoms. The van der Waals surface area contributed by atoms with Crippen molar-refractivity contribution in [1.29, 1.82) is 0 Å². The summed E-state index contributed by atoms with van der Waals surface area (Å²) >= 11 is 0. The van der Waals surface area contributed by atoms with Crippen LogP contribution in [0.4, 0.5) is 5.69 Å². The molecule has 9 heteroatoms. The van der Waals surface area contributed by atoms with Crippen molar-refractivity contribution in [3.8, 4) is 0 Å². The van der Waals surface area contributed by atoms with Crippen LogP contribution in [0.1, 0.15) is 33.5 Å². The maximum Gasteiger partial charge on any atom is 0.355 e. The molecule has 0 radical (unpaired) electrons. The van der Waals surface area contributed by atoms with Crippen LogP contribution in [-0.2, 0) is 23.1 Å². The number of nitrogens with zero attached hydrogens (tertiary/aromatic N) is 2. The van der Waals surface area contributed by atoms with Crippen molar-refractivity contribution in [2.75, 3.05) is 6.61 Å². The number of hydrogen-bond acceptors (Lipinski definition) is 7. The van der Waals surface area contributed by atoms with Crippen molar-refractivity contribution < 1.29 is 28.4 Å². The lowest BCUT2D eigenvalue weighted by molar-refractivity contribution is -0.384. The van der Waals surface area contributed by atoms with E-state index in [0.717, 1.165) is 6.07 Å². The molecule has 122 valence electrons. The Morgan fingerprint density at radius 3 is 2.70 bits per heavy atom. The lowest BCUT2D eigenvalue weighted by Gasteiger charge is -2.05. The fourth-order valence-corrected chi connectivity index (χ4v) is 1.90. The number of ether oxygens (including phenoxy) is 2. The first-order valence-electron chi connectivity index (χ1n) is 6.65. The molecule has 0 N–H and O–H groups in total. The summed E-state index contributed by atoms with van der Waals surface area (Å²) in [6.07, 6.45) is 2.48. The van der Waals surface area contributed by atoms with Crippen molar-refractivity contribution in [2.45, 2.75) is 13.5 Å². The molecule has 0 atom stereocenters. The van der Waals surface area contributed by atoms with Gasteiger partial charge in [0.2, 0.25) is 0 Å². The lowest BCUT2D eigenvalue weighted by Crippen LogP contribution is -2.11. The van der Waals surface area contributed by atoms with Gasteiger partial charge in [0, 0.05) is 13.1 Å². The fourth-order valence-electron chi connectivity index (χ4n) is 1.90. The van der Waals surface area contributed by atoms with Gasteiger partial charge in [-0.25, -0.2) is 9.59 Å². The van der Waals surface area contributed by atoms with Crippen molar-refractivity contribution >= 4 is 17.6 Å². The summed E-state index contributed by atoms with van der Waals surface area (Å²) in [6.45, 7) is 1.58. The summed E-state index contributed by atoms with van der Waals surface area (Å²) in [4.78, 5) is 33.7. The molecule has 0 aliphatic heterocycles. The van der Waals surface area contributed by atoms with E-state index in [2.05, 4.69) is 0 Å². The standard InChI is InChI=1S/C14H14N2O7/c1-3-21-13(17)10-4-5-22-12(10)8-23-14(18)11-6-9(16(19)20)7-15(11)2/h4-7H,3,8H2,1-2H3. The Kier molecular flexibility index (Phi) is 4.79. The van der Waals surface area contributed by atoms with Gasteiger partial charge in [-0.15, -0.1) is 0 Å². The molecule has 0 fully saturated rings. The quantitative estimate of drug-likeness (QED) is 0.454. The van der Waals surface area contributed by atoms with Gasteiger partial charge in [0.25, 0.3) is 5.69 Å². The summed E-state index contributed by atoms with van der Waals surface area (Å²) < 4.78 is 16.3. The van der Waals surface area contributed by atoms with Crippen molar-refractivity contribution in [3.63, 3.8) is 0 Å². The van der Waals surface area contributed by atoms with E-state index < -0.39 is 16.9 Å². The lowest BCUT2D eigenvalue weighted by atomic mass is 10.2. The Labute approximate surface area is 130 Å². The number of esters is 2. The summed E-state index contributed by atoms with van der Waals surface area (Å²) in [5.41, 5.74) is -0.0388. The van der Waals surface area contributed by atoms with Crippen LogP contribution in [0.5, 0.6) is 0 Å². The van der Waals surface area contributed by atoms with Crippen LogP contribution in [-0.4, -0.2) is 28.0 Å². The van der Waals surface area contributed by atoms with E-state index in [0.29, 0.717) is 0 Å². The van der Waals surface area contributed by atoms with Crippen molar-refractivity contribution in [3.05, 3.63) is 51.7 Å². The van der Waals surface area contributed by atoms with E-state index in [1.165, 1.54) is 30.1 Å². The van der Waals surface area contributed by atoms with Gasteiger partial charge in [0.1, 0.15) is 11.3 Å². The topological polar surface area (TPSA) is 114 Å². The fraction of sp³-hybridized carbons (Fsp3) is 0.286.